The molecule has 1 aliphatic rings. The van der Waals surface area contributed by atoms with E-state index in [9.17, 15) is 0 Å². The molecule has 0 atom stereocenters. The molecule has 2 rings (SSSR count). The summed E-state index contributed by atoms with van der Waals surface area (Å²) in [5.74, 6) is 1.42. The zero-order valence-corrected chi connectivity index (χ0v) is 10.1. The summed E-state index contributed by atoms with van der Waals surface area (Å²) in [5.41, 5.74) is 1.18. The monoisotopic (exact) mass is 223 g/mol. The van der Waals surface area contributed by atoms with E-state index in [2.05, 4.69) is 28.7 Å². The van der Waals surface area contributed by atoms with Crippen LogP contribution in [0, 0.1) is 4.64 Å². The standard InChI is InChI=1S/C11H17N3S/c1-8(2)9-7-10(15)13-11(12-9)14-5-3-4-6-14/h7-8H,3-6H2,1-2H3,(H,12,13,15). The van der Waals surface area contributed by atoms with Crippen LogP contribution in [0.4, 0.5) is 5.95 Å². The zero-order chi connectivity index (χ0) is 10.8. The molecular formula is C11H17N3S. The van der Waals surface area contributed by atoms with E-state index in [-0.39, 0.29) is 0 Å². The highest BCUT2D eigenvalue weighted by molar-refractivity contribution is 7.71. The minimum Gasteiger partial charge on any atom is -0.342 e. The number of anilines is 1. The maximum atomic E-state index is 5.18. The maximum absolute atomic E-state index is 5.18. The summed E-state index contributed by atoms with van der Waals surface area (Å²) in [6.45, 7) is 6.52. The van der Waals surface area contributed by atoms with Crippen LogP contribution in [0.2, 0.25) is 0 Å². The first-order chi connectivity index (χ1) is 7.16. The molecule has 1 aromatic heterocycles. The second kappa shape index (κ2) is 4.31. The van der Waals surface area contributed by atoms with Crippen LogP contribution < -0.4 is 4.90 Å². The average molecular weight is 223 g/mol. The van der Waals surface area contributed by atoms with Gasteiger partial charge in [-0.2, -0.15) is 0 Å². The van der Waals surface area contributed by atoms with Gasteiger partial charge < -0.3 is 9.88 Å². The molecule has 15 heavy (non-hydrogen) atoms. The number of H-pyrrole nitrogens is 1. The van der Waals surface area contributed by atoms with Gasteiger partial charge in [-0.15, -0.1) is 0 Å². The second-order valence-electron chi connectivity index (χ2n) is 4.35. The van der Waals surface area contributed by atoms with Crippen LogP contribution >= 0.6 is 12.2 Å². The molecule has 0 bridgehead atoms. The third kappa shape index (κ3) is 2.37. The van der Waals surface area contributed by atoms with Crippen LogP contribution in [0.5, 0.6) is 0 Å². The fourth-order valence-corrected chi connectivity index (χ4v) is 2.07. The highest BCUT2D eigenvalue weighted by atomic mass is 32.1. The number of nitrogens with one attached hydrogen (secondary N) is 1. The minimum absolute atomic E-state index is 0.469. The Morgan fingerprint density at radius 2 is 2.07 bits per heavy atom. The maximum Gasteiger partial charge on any atom is 0.204 e. The fourth-order valence-electron chi connectivity index (χ4n) is 1.85. The molecule has 1 aromatic rings. The van der Waals surface area contributed by atoms with E-state index in [0.717, 1.165) is 19.0 Å². The Morgan fingerprint density at radius 1 is 1.40 bits per heavy atom. The molecular weight excluding hydrogens is 206 g/mol. The summed E-state index contributed by atoms with van der Waals surface area (Å²) in [6, 6.07) is 1.96. The van der Waals surface area contributed by atoms with Crippen LogP contribution in [-0.4, -0.2) is 23.1 Å². The fraction of sp³-hybridized carbons (Fsp3) is 0.636. The average Bonchev–Trinajstić information content (AvgIpc) is 2.69. The molecule has 3 nitrogen and oxygen atoms in total. The first-order valence-corrected chi connectivity index (χ1v) is 5.94. The molecule has 0 amide bonds. The van der Waals surface area contributed by atoms with Crippen molar-refractivity contribution >= 4 is 18.2 Å². The molecule has 0 aliphatic carbocycles. The Bertz CT molecular complexity index is 391. The zero-order valence-electron chi connectivity index (χ0n) is 9.29. The Kier molecular flexibility index (Phi) is 3.05. The summed E-state index contributed by atoms with van der Waals surface area (Å²) in [7, 11) is 0. The smallest absolute Gasteiger partial charge is 0.204 e. The number of aromatic amines is 1. The van der Waals surface area contributed by atoms with Gasteiger partial charge in [0.15, 0.2) is 0 Å². The lowest BCUT2D eigenvalue weighted by atomic mass is 10.1. The van der Waals surface area contributed by atoms with E-state index in [1.807, 2.05) is 6.07 Å². The third-order valence-corrected chi connectivity index (χ3v) is 2.99. The summed E-state index contributed by atoms with van der Waals surface area (Å²) < 4.78 is 0.694. The molecule has 0 unspecified atom stereocenters. The van der Waals surface area contributed by atoms with Crippen molar-refractivity contribution in [3.8, 4) is 0 Å². The molecule has 0 aromatic carbocycles. The molecule has 82 valence electrons. The number of aromatic nitrogens is 2. The largest absolute Gasteiger partial charge is 0.342 e. The van der Waals surface area contributed by atoms with Crippen molar-refractivity contribution in [2.24, 2.45) is 0 Å². The number of rotatable bonds is 2. The number of nitrogens with zero attached hydrogens (tertiary/aromatic N) is 2. The highest BCUT2D eigenvalue weighted by Crippen LogP contribution is 2.18. The van der Waals surface area contributed by atoms with Crippen molar-refractivity contribution < 1.29 is 0 Å². The SMILES string of the molecule is CC(C)c1cc(=S)nc(N2CCCC2)[nH]1. The van der Waals surface area contributed by atoms with Gasteiger partial charge in [0.1, 0.15) is 4.64 Å². The van der Waals surface area contributed by atoms with Crippen molar-refractivity contribution in [2.75, 3.05) is 18.0 Å². The first kappa shape index (κ1) is 10.6. The Hall–Kier alpha value is -0.900. The van der Waals surface area contributed by atoms with Gasteiger partial charge in [0.25, 0.3) is 0 Å². The second-order valence-corrected chi connectivity index (χ2v) is 4.77. The molecule has 1 N–H and O–H groups in total. The molecule has 0 saturated carbocycles. The van der Waals surface area contributed by atoms with Gasteiger partial charge in [-0.1, -0.05) is 26.1 Å². The minimum atomic E-state index is 0.469. The van der Waals surface area contributed by atoms with Gasteiger partial charge in [-0.05, 0) is 24.8 Å². The molecule has 2 heterocycles. The van der Waals surface area contributed by atoms with E-state index < -0.39 is 0 Å². The number of hydrogen-bond acceptors (Lipinski definition) is 3. The lowest BCUT2D eigenvalue weighted by Gasteiger charge is -2.17. The first-order valence-electron chi connectivity index (χ1n) is 5.53. The van der Waals surface area contributed by atoms with E-state index >= 15 is 0 Å². The molecule has 4 heteroatoms. The van der Waals surface area contributed by atoms with Crippen LogP contribution in [0.3, 0.4) is 0 Å². The van der Waals surface area contributed by atoms with Crippen molar-refractivity contribution in [1.29, 1.82) is 0 Å². The predicted octanol–water partition coefficient (Wildman–Crippen LogP) is 2.86. The lowest BCUT2D eigenvalue weighted by Crippen LogP contribution is -2.21. The van der Waals surface area contributed by atoms with Gasteiger partial charge in [-0.3, -0.25) is 0 Å². The van der Waals surface area contributed by atoms with Gasteiger partial charge in [0, 0.05) is 18.8 Å². The number of hydrogen-bond donors (Lipinski definition) is 1. The van der Waals surface area contributed by atoms with Gasteiger partial charge in [-0.25, -0.2) is 4.98 Å². The molecule has 1 aliphatic heterocycles. The van der Waals surface area contributed by atoms with E-state index in [0.29, 0.717) is 10.6 Å². The van der Waals surface area contributed by atoms with Crippen LogP contribution in [0.15, 0.2) is 6.07 Å². The van der Waals surface area contributed by atoms with Crippen molar-refractivity contribution in [3.05, 3.63) is 16.4 Å². The predicted molar refractivity (Wildman–Crippen MR) is 65.0 cm³/mol. The summed E-state index contributed by atoms with van der Waals surface area (Å²) in [6.07, 6.45) is 2.52. The van der Waals surface area contributed by atoms with Crippen molar-refractivity contribution in [1.82, 2.24) is 9.97 Å². The van der Waals surface area contributed by atoms with E-state index in [4.69, 9.17) is 12.2 Å². The highest BCUT2D eigenvalue weighted by Gasteiger charge is 2.14. The Labute approximate surface area is 95.5 Å². The van der Waals surface area contributed by atoms with Crippen molar-refractivity contribution in [3.63, 3.8) is 0 Å². The topological polar surface area (TPSA) is 31.9 Å². The van der Waals surface area contributed by atoms with Gasteiger partial charge in [0.2, 0.25) is 5.95 Å². The van der Waals surface area contributed by atoms with Crippen LogP contribution in [0.1, 0.15) is 38.3 Å². The quantitative estimate of drug-likeness (QED) is 0.782. The van der Waals surface area contributed by atoms with Crippen LogP contribution in [0.25, 0.3) is 0 Å². The van der Waals surface area contributed by atoms with Gasteiger partial charge >= 0.3 is 0 Å². The Balaban J connectivity index is 2.34. The Morgan fingerprint density at radius 3 is 2.67 bits per heavy atom. The molecule has 1 fully saturated rings. The molecule has 0 radical (unpaired) electrons. The summed E-state index contributed by atoms with van der Waals surface area (Å²) in [5, 5.41) is 0. The third-order valence-electron chi connectivity index (χ3n) is 2.78. The van der Waals surface area contributed by atoms with E-state index in [1.54, 1.807) is 0 Å². The summed E-state index contributed by atoms with van der Waals surface area (Å²) in [4.78, 5) is 10.0. The van der Waals surface area contributed by atoms with Gasteiger partial charge in [0.05, 0.1) is 0 Å². The van der Waals surface area contributed by atoms with Crippen LogP contribution in [-0.2, 0) is 0 Å². The van der Waals surface area contributed by atoms with Crippen molar-refractivity contribution in [2.45, 2.75) is 32.6 Å². The lowest BCUT2D eigenvalue weighted by molar-refractivity contribution is 0.793. The molecule has 1 saturated heterocycles. The normalized spacial score (nSPS) is 16.3. The van der Waals surface area contributed by atoms with E-state index in [1.165, 1.54) is 18.5 Å². The summed E-state index contributed by atoms with van der Waals surface area (Å²) >= 11 is 5.18. The molecule has 0 spiro atoms.